The summed E-state index contributed by atoms with van der Waals surface area (Å²) in [7, 11) is 1.46. The maximum Gasteiger partial charge on any atom is 0.254 e. The van der Waals surface area contributed by atoms with Gasteiger partial charge in [-0.3, -0.25) is 4.79 Å². The van der Waals surface area contributed by atoms with E-state index in [9.17, 15) is 9.18 Å². The Kier molecular flexibility index (Phi) is 4.57. The minimum atomic E-state index is -0.584. The molecule has 1 unspecified atom stereocenters. The van der Waals surface area contributed by atoms with Gasteiger partial charge >= 0.3 is 0 Å². The smallest absolute Gasteiger partial charge is 0.254 e. The number of rotatable bonds is 4. The topological polar surface area (TPSA) is 50.4 Å². The lowest BCUT2D eigenvalue weighted by molar-refractivity contribution is 0.0945. The number of amides is 1. The summed E-state index contributed by atoms with van der Waals surface area (Å²) < 4.78 is 18.9. The molecule has 0 saturated carbocycles. The van der Waals surface area contributed by atoms with E-state index in [1.54, 1.807) is 6.07 Å². The van der Waals surface area contributed by atoms with Gasteiger partial charge in [-0.1, -0.05) is 24.3 Å². The fraction of sp³-hybridized carbons (Fsp3) is 0.278. The maximum absolute atomic E-state index is 13.9. The largest absolute Gasteiger partial charge is 0.497 e. The molecule has 0 bridgehead atoms. The molecule has 2 aromatic rings. The number of carbonyl (C=O) groups excluding carboxylic acids is 1. The van der Waals surface area contributed by atoms with Crippen molar-refractivity contribution in [2.75, 3.05) is 20.2 Å². The molecule has 2 N–H and O–H groups in total. The van der Waals surface area contributed by atoms with Crippen LogP contribution in [-0.4, -0.2) is 26.1 Å². The molecule has 0 fully saturated rings. The number of methoxy groups -OCH3 is 1. The lowest BCUT2D eigenvalue weighted by Crippen LogP contribution is -2.39. The van der Waals surface area contributed by atoms with Gasteiger partial charge in [0, 0.05) is 18.7 Å². The molecule has 0 spiro atoms. The number of carbonyl (C=O) groups is 1. The summed E-state index contributed by atoms with van der Waals surface area (Å²) >= 11 is 0. The highest BCUT2D eigenvalue weighted by Crippen LogP contribution is 2.22. The lowest BCUT2D eigenvalue weighted by atomic mass is 9.94. The maximum atomic E-state index is 13.9. The second-order valence-corrected chi connectivity index (χ2v) is 5.51. The van der Waals surface area contributed by atoms with Crippen LogP contribution in [0.3, 0.4) is 0 Å². The molecule has 2 aromatic carbocycles. The molecule has 5 heteroatoms. The molecule has 0 radical (unpaired) electrons. The Morgan fingerprint density at radius 1 is 1.35 bits per heavy atom. The zero-order valence-electron chi connectivity index (χ0n) is 12.9. The molecule has 4 nitrogen and oxygen atoms in total. The Hall–Kier alpha value is -2.40. The summed E-state index contributed by atoms with van der Waals surface area (Å²) in [6, 6.07) is 12.4. The van der Waals surface area contributed by atoms with E-state index in [0.29, 0.717) is 12.3 Å². The Morgan fingerprint density at radius 2 is 2.17 bits per heavy atom. The molecule has 0 aromatic heterocycles. The fourth-order valence-corrected chi connectivity index (χ4v) is 2.87. The molecule has 1 atom stereocenters. The van der Waals surface area contributed by atoms with Crippen LogP contribution in [-0.2, 0) is 6.42 Å². The predicted octanol–water partition coefficient (Wildman–Crippen LogP) is 2.45. The van der Waals surface area contributed by atoms with Gasteiger partial charge < -0.3 is 15.4 Å². The SMILES string of the molecule is COc1ccc(C(=O)NCC2NCCc3ccccc32)c(F)c1. The molecule has 3 rings (SSSR count). The normalized spacial score (nSPS) is 16.5. The van der Waals surface area contributed by atoms with Gasteiger partial charge in [0.2, 0.25) is 0 Å². The Balaban J connectivity index is 1.68. The van der Waals surface area contributed by atoms with Crippen LogP contribution >= 0.6 is 0 Å². The van der Waals surface area contributed by atoms with Crippen LogP contribution in [0.2, 0.25) is 0 Å². The van der Waals surface area contributed by atoms with E-state index < -0.39 is 11.7 Å². The zero-order valence-corrected chi connectivity index (χ0v) is 12.9. The van der Waals surface area contributed by atoms with Crippen molar-refractivity contribution in [3.8, 4) is 5.75 Å². The Labute approximate surface area is 134 Å². The van der Waals surface area contributed by atoms with E-state index in [2.05, 4.69) is 22.8 Å². The first-order chi connectivity index (χ1) is 11.2. The van der Waals surface area contributed by atoms with E-state index in [-0.39, 0.29) is 11.6 Å². The van der Waals surface area contributed by atoms with Gasteiger partial charge in [-0.05, 0) is 36.2 Å². The van der Waals surface area contributed by atoms with Crippen molar-refractivity contribution in [3.05, 3.63) is 65.0 Å². The number of ether oxygens (including phenoxy) is 1. The zero-order chi connectivity index (χ0) is 16.2. The van der Waals surface area contributed by atoms with Crippen molar-refractivity contribution in [2.45, 2.75) is 12.5 Å². The third kappa shape index (κ3) is 3.35. The van der Waals surface area contributed by atoms with Gasteiger partial charge in [-0.2, -0.15) is 0 Å². The van der Waals surface area contributed by atoms with E-state index in [1.807, 2.05) is 12.1 Å². The average molecular weight is 314 g/mol. The molecule has 1 heterocycles. The van der Waals surface area contributed by atoms with E-state index in [4.69, 9.17) is 4.74 Å². The van der Waals surface area contributed by atoms with Crippen molar-refractivity contribution >= 4 is 5.91 Å². The molecule has 1 aliphatic rings. The van der Waals surface area contributed by atoms with Crippen LogP contribution in [0.5, 0.6) is 5.75 Å². The summed E-state index contributed by atoms with van der Waals surface area (Å²) in [5.74, 6) is -0.615. The third-order valence-corrected chi connectivity index (χ3v) is 4.10. The van der Waals surface area contributed by atoms with Crippen LogP contribution in [0, 0.1) is 5.82 Å². The molecule has 0 aliphatic carbocycles. The quantitative estimate of drug-likeness (QED) is 0.911. The summed E-state index contributed by atoms with van der Waals surface area (Å²) in [6.07, 6.45) is 0.980. The van der Waals surface area contributed by atoms with Gasteiger partial charge in [0.05, 0.1) is 12.7 Å². The van der Waals surface area contributed by atoms with Crippen LogP contribution in [0.15, 0.2) is 42.5 Å². The van der Waals surface area contributed by atoms with E-state index in [0.717, 1.165) is 13.0 Å². The van der Waals surface area contributed by atoms with Crippen molar-refractivity contribution in [1.29, 1.82) is 0 Å². The molecular weight excluding hydrogens is 295 g/mol. The van der Waals surface area contributed by atoms with Crippen LogP contribution in [0.1, 0.15) is 27.5 Å². The Morgan fingerprint density at radius 3 is 2.96 bits per heavy atom. The highest BCUT2D eigenvalue weighted by atomic mass is 19.1. The number of hydrogen-bond donors (Lipinski definition) is 2. The lowest BCUT2D eigenvalue weighted by Gasteiger charge is -2.27. The first-order valence-corrected chi connectivity index (χ1v) is 7.62. The van der Waals surface area contributed by atoms with Crippen molar-refractivity contribution in [2.24, 2.45) is 0 Å². The highest BCUT2D eigenvalue weighted by molar-refractivity contribution is 5.94. The molecule has 120 valence electrons. The van der Waals surface area contributed by atoms with Gasteiger partial charge in [0.25, 0.3) is 5.91 Å². The minimum Gasteiger partial charge on any atom is -0.497 e. The first-order valence-electron chi connectivity index (χ1n) is 7.62. The fourth-order valence-electron chi connectivity index (χ4n) is 2.87. The molecule has 1 aliphatic heterocycles. The Bertz CT molecular complexity index is 718. The second kappa shape index (κ2) is 6.79. The van der Waals surface area contributed by atoms with Gasteiger partial charge in [0.15, 0.2) is 0 Å². The predicted molar refractivity (Wildman–Crippen MR) is 86.2 cm³/mol. The van der Waals surface area contributed by atoms with E-state index >= 15 is 0 Å². The summed E-state index contributed by atoms with van der Waals surface area (Å²) in [5.41, 5.74) is 2.50. The summed E-state index contributed by atoms with van der Waals surface area (Å²) in [5, 5.41) is 6.19. The molecular formula is C18H19FN2O2. The van der Waals surface area contributed by atoms with Crippen molar-refractivity contribution in [1.82, 2.24) is 10.6 Å². The van der Waals surface area contributed by atoms with Crippen LogP contribution in [0.4, 0.5) is 4.39 Å². The number of fused-ring (bicyclic) bond motifs is 1. The highest BCUT2D eigenvalue weighted by Gasteiger charge is 2.20. The molecule has 0 saturated heterocycles. The number of benzene rings is 2. The van der Waals surface area contributed by atoms with Gasteiger partial charge in [0.1, 0.15) is 11.6 Å². The number of nitrogens with one attached hydrogen (secondary N) is 2. The average Bonchev–Trinajstić information content (AvgIpc) is 2.59. The first kappa shape index (κ1) is 15.5. The number of halogens is 1. The number of hydrogen-bond acceptors (Lipinski definition) is 3. The molecule has 1 amide bonds. The third-order valence-electron chi connectivity index (χ3n) is 4.10. The molecule has 23 heavy (non-hydrogen) atoms. The van der Waals surface area contributed by atoms with Gasteiger partial charge in [-0.15, -0.1) is 0 Å². The van der Waals surface area contributed by atoms with Crippen LogP contribution in [0.25, 0.3) is 0 Å². The summed E-state index contributed by atoms with van der Waals surface area (Å²) in [6.45, 7) is 1.29. The minimum absolute atomic E-state index is 0.0231. The van der Waals surface area contributed by atoms with Crippen molar-refractivity contribution in [3.63, 3.8) is 0 Å². The second-order valence-electron chi connectivity index (χ2n) is 5.51. The standard InChI is InChI=1S/C18H19FN2O2/c1-23-13-6-7-15(16(19)10-13)18(22)21-11-17-14-5-3-2-4-12(14)8-9-20-17/h2-7,10,17,20H,8-9,11H2,1H3,(H,21,22). The van der Waals surface area contributed by atoms with Crippen molar-refractivity contribution < 1.29 is 13.9 Å². The summed E-state index contributed by atoms with van der Waals surface area (Å²) in [4.78, 5) is 12.2. The van der Waals surface area contributed by atoms with E-state index in [1.165, 1.54) is 30.4 Å². The van der Waals surface area contributed by atoms with Crippen LogP contribution < -0.4 is 15.4 Å². The monoisotopic (exact) mass is 314 g/mol. The van der Waals surface area contributed by atoms with Gasteiger partial charge in [-0.25, -0.2) is 4.39 Å².